The lowest BCUT2D eigenvalue weighted by Crippen LogP contribution is -2.39. The number of rotatable bonds is 2. The Kier molecular flexibility index (Phi) is 3.62. The van der Waals surface area contributed by atoms with Crippen molar-refractivity contribution in [1.29, 1.82) is 0 Å². The number of carbonyl (C=O) groups is 2. The van der Waals surface area contributed by atoms with E-state index in [1.54, 1.807) is 17.0 Å². The number of carbonyl (C=O) groups excluding carboxylic acids is 2. The topological polar surface area (TPSA) is 37.4 Å². The van der Waals surface area contributed by atoms with E-state index in [0.717, 1.165) is 17.3 Å². The fourth-order valence-electron chi connectivity index (χ4n) is 2.22. The lowest BCUT2D eigenvalue weighted by atomic mass is 10.0. The average molecular weight is 296 g/mol. The first-order valence-electron chi connectivity index (χ1n) is 5.66. The maximum Gasteiger partial charge on any atom is 0.220 e. The molecule has 4 heteroatoms. The maximum atomic E-state index is 12.3. The Morgan fingerprint density at radius 1 is 1.29 bits per heavy atom. The highest BCUT2D eigenvalue weighted by atomic mass is 79.9. The van der Waals surface area contributed by atoms with Gasteiger partial charge in [-0.3, -0.25) is 9.59 Å². The first-order valence-corrected chi connectivity index (χ1v) is 6.46. The van der Waals surface area contributed by atoms with Crippen LogP contribution in [-0.4, -0.2) is 29.2 Å². The van der Waals surface area contributed by atoms with Gasteiger partial charge in [0, 0.05) is 23.5 Å². The van der Waals surface area contributed by atoms with E-state index in [1.807, 2.05) is 12.1 Å². The molecule has 1 aliphatic heterocycles. The van der Waals surface area contributed by atoms with Crippen molar-refractivity contribution in [2.45, 2.75) is 25.8 Å². The van der Waals surface area contributed by atoms with Crippen LogP contribution in [0.4, 0.5) is 0 Å². The van der Waals surface area contributed by atoms with Crippen molar-refractivity contribution in [3.8, 4) is 0 Å². The lowest BCUT2D eigenvalue weighted by molar-refractivity contribution is -0.128. The second-order valence-electron chi connectivity index (χ2n) is 4.24. The van der Waals surface area contributed by atoms with Crippen LogP contribution in [0.25, 0.3) is 0 Å². The zero-order valence-electron chi connectivity index (χ0n) is 9.65. The summed E-state index contributed by atoms with van der Waals surface area (Å²) in [7, 11) is 0. The molecule has 1 atom stereocenters. The van der Waals surface area contributed by atoms with Crippen LogP contribution >= 0.6 is 15.9 Å². The highest BCUT2D eigenvalue weighted by Gasteiger charge is 2.32. The fraction of sp³-hybridized carbons (Fsp3) is 0.385. The molecule has 1 aromatic rings. The molecule has 0 spiro atoms. The van der Waals surface area contributed by atoms with E-state index in [1.165, 1.54) is 6.92 Å². The minimum absolute atomic E-state index is 0.0158. The molecular formula is C13H14BrNO2. The van der Waals surface area contributed by atoms with Crippen LogP contribution < -0.4 is 0 Å². The summed E-state index contributed by atoms with van der Waals surface area (Å²) >= 11 is 3.34. The second-order valence-corrected chi connectivity index (χ2v) is 5.16. The zero-order chi connectivity index (χ0) is 12.4. The smallest absolute Gasteiger partial charge is 0.220 e. The summed E-state index contributed by atoms with van der Waals surface area (Å²) in [5.41, 5.74) is 0.673. The quantitative estimate of drug-likeness (QED) is 0.787. The summed E-state index contributed by atoms with van der Waals surface area (Å²) < 4.78 is 0.948. The van der Waals surface area contributed by atoms with Crippen molar-refractivity contribution in [1.82, 2.24) is 4.90 Å². The Balaban J connectivity index is 2.19. The predicted molar refractivity (Wildman–Crippen MR) is 68.9 cm³/mol. The molecule has 1 aromatic carbocycles. The summed E-state index contributed by atoms with van der Waals surface area (Å²) in [6.07, 6.45) is 1.68. The number of likely N-dealkylation sites (tertiary alicyclic amines) is 1. The molecule has 17 heavy (non-hydrogen) atoms. The van der Waals surface area contributed by atoms with Crippen LogP contribution in [0.1, 0.15) is 30.1 Å². The van der Waals surface area contributed by atoms with Gasteiger partial charge in [-0.25, -0.2) is 0 Å². The molecule has 3 nitrogen and oxygen atoms in total. The van der Waals surface area contributed by atoms with Crippen LogP contribution in [0.15, 0.2) is 28.7 Å². The van der Waals surface area contributed by atoms with Crippen LogP contribution in [0.3, 0.4) is 0 Å². The van der Waals surface area contributed by atoms with Crippen LogP contribution in [0, 0.1) is 0 Å². The predicted octanol–water partition coefficient (Wildman–Crippen LogP) is 2.64. The molecule has 0 aliphatic carbocycles. The number of amides is 1. The second kappa shape index (κ2) is 5.00. The maximum absolute atomic E-state index is 12.3. The van der Waals surface area contributed by atoms with Gasteiger partial charge in [-0.1, -0.05) is 28.1 Å². The van der Waals surface area contributed by atoms with Gasteiger partial charge in [0.25, 0.3) is 0 Å². The Morgan fingerprint density at radius 2 is 1.94 bits per heavy atom. The number of hydrogen-bond acceptors (Lipinski definition) is 2. The highest BCUT2D eigenvalue weighted by Crippen LogP contribution is 2.22. The Bertz CT molecular complexity index is 441. The average Bonchev–Trinajstić information content (AvgIpc) is 2.78. The third kappa shape index (κ3) is 2.57. The van der Waals surface area contributed by atoms with Gasteiger partial charge in [-0.05, 0) is 25.0 Å². The summed E-state index contributed by atoms with van der Waals surface area (Å²) in [4.78, 5) is 25.3. The third-order valence-electron chi connectivity index (χ3n) is 3.09. The molecule has 0 N–H and O–H groups in total. The molecule has 1 heterocycles. The standard InChI is InChI=1S/C13H14BrNO2/c1-9(16)15-8-2-3-12(15)13(17)10-4-6-11(14)7-5-10/h4-7,12H,2-3,8H2,1H3. The first kappa shape index (κ1) is 12.3. The Labute approximate surface area is 109 Å². The van der Waals surface area contributed by atoms with Gasteiger partial charge in [0.2, 0.25) is 5.91 Å². The van der Waals surface area contributed by atoms with Crippen molar-refractivity contribution < 1.29 is 9.59 Å². The molecule has 0 aromatic heterocycles. The van der Waals surface area contributed by atoms with Crippen LogP contribution in [-0.2, 0) is 4.79 Å². The minimum Gasteiger partial charge on any atom is -0.333 e. The number of benzene rings is 1. The molecule has 1 saturated heterocycles. The lowest BCUT2D eigenvalue weighted by Gasteiger charge is -2.22. The number of ketones is 1. The van der Waals surface area contributed by atoms with E-state index >= 15 is 0 Å². The van der Waals surface area contributed by atoms with Gasteiger partial charge < -0.3 is 4.90 Å². The van der Waals surface area contributed by atoms with Gasteiger partial charge >= 0.3 is 0 Å². The minimum atomic E-state index is -0.270. The zero-order valence-corrected chi connectivity index (χ0v) is 11.2. The van der Waals surface area contributed by atoms with E-state index in [-0.39, 0.29) is 17.7 Å². The van der Waals surface area contributed by atoms with E-state index in [0.29, 0.717) is 12.1 Å². The van der Waals surface area contributed by atoms with Gasteiger partial charge in [-0.2, -0.15) is 0 Å². The van der Waals surface area contributed by atoms with Crippen molar-refractivity contribution >= 4 is 27.6 Å². The van der Waals surface area contributed by atoms with Crippen LogP contribution in [0.5, 0.6) is 0 Å². The largest absolute Gasteiger partial charge is 0.333 e. The number of halogens is 1. The molecule has 1 unspecified atom stereocenters. The summed E-state index contributed by atoms with van der Waals surface area (Å²) in [5.74, 6) is 0.0307. The summed E-state index contributed by atoms with van der Waals surface area (Å²) in [5, 5.41) is 0. The highest BCUT2D eigenvalue weighted by molar-refractivity contribution is 9.10. The van der Waals surface area contributed by atoms with E-state index in [9.17, 15) is 9.59 Å². The van der Waals surface area contributed by atoms with Gasteiger partial charge in [0.05, 0.1) is 6.04 Å². The van der Waals surface area contributed by atoms with E-state index in [4.69, 9.17) is 0 Å². The van der Waals surface area contributed by atoms with Crippen molar-refractivity contribution in [2.24, 2.45) is 0 Å². The van der Waals surface area contributed by atoms with Crippen molar-refractivity contribution in [3.63, 3.8) is 0 Å². The SMILES string of the molecule is CC(=O)N1CCCC1C(=O)c1ccc(Br)cc1. The van der Waals surface area contributed by atoms with E-state index in [2.05, 4.69) is 15.9 Å². The molecule has 1 fully saturated rings. The monoisotopic (exact) mass is 295 g/mol. The molecule has 90 valence electrons. The molecule has 0 saturated carbocycles. The summed E-state index contributed by atoms with van der Waals surface area (Å²) in [6.45, 7) is 2.22. The number of hydrogen-bond donors (Lipinski definition) is 0. The molecule has 1 aliphatic rings. The van der Waals surface area contributed by atoms with Crippen molar-refractivity contribution in [3.05, 3.63) is 34.3 Å². The van der Waals surface area contributed by atoms with E-state index < -0.39 is 0 Å². The molecule has 2 rings (SSSR count). The Hall–Kier alpha value is -1.16. The van der Waals surface area contributed by atoms with Crippen LogP contribution in [0.2, 0.25) is 0 Å². The van der Waals surface area contributed by atoms with Crippen molar-refractivity contribution in [2.75, 3.05) is 6.54 Å². The van der Waals surface area contributed by atoms with Gasteiger partial charge in [-0.15, -0.1) is 0 Å². The summed E-state index contributed by atoms with van der Waals surface area (Å²) in [6, 6.07) is 7.01. The molecule has 0 bridgehead atoms. The van der Waals surface area contributed by atoms with Gasteiger partial charge in [0.1, 0.15) is 0 Å². The third-order valence-corrected chi connectivity index (χ3v) is 3.62. The molecule has 0 radical (unpaired) electrons. The first-order chi connectivity index (χ1) is 8.09. The molecular weight excluding hydrogens is 282 g/mol. The number of nitrogens with zero attached hydrogens (tertiary/aromatic N) is 1. The normalized spacial score (nSPS) is 19.4. The number of Topliss-reactive ketones (excluding diaryl/α,β-unsaturated/α-hetero) is 1. The fourth-order valence-corrected chi connectivity index (χ4v) is 2.49. The molecule has 1 amide bonds. The van der Waals surface area contributed by atoms with Gasteiger partial charge in [0.15, 0.2) is 5.78 Å². The Morgan fingerprint density at radius 3 is 2.53 bits per heavy atom.